The van der Waals surface area contributed by atoms with Gasteiger partial charge in [-0.15, -0.1) is 0 Å². The van der Waals surface area contributed by atoms with Crippen molar-refractivity contribution in [3.05, 3.63) is 35.4 Å². The van der Waals surface area contributed by atoms with Crippen LogP contribution in [0.2, 0.25) is 0 Å². The Bertz CT molecular complexity index is 1290. The van der Waals surface area contributed by atoms with Crippen LogP contribution >= 0.6 is 11.5 Å². The molecule has 3 N–H and O–H groups in total. The normalized spacial score (nSPS) is 29.9. The lowest BCUT2D eigenvalue weighted by molar-refractivity contribution is 0.130. The molecule has 0 amide bonds. The van der Waals surface area contributed by atoms with E-state index in [2.05, 4.69) is 39.4 Å². The Morgan fingerprint density at radius 3 is 2.54 bits per heavy atom. The van der Waals surface area contributed by atoms with Crippen molar-refractivity contribution in [3.63, 3.8) is 0 Å². The van der Waals surface area contributed by atoms with Crippen molar-refractivity contribution in [1.29, 1.82) is 0 Å². The second-order valence-electron chi connectivity index (χ2n) is 11.9. The topological polar surface area (TPSA) is 76.8 Å². The summed E-state index contributed by atoms with van der Waals surface area (Å²) in [5, 5.41) is 27.3. The summed E-state index contributed by atoms with van der Waals surface area (Å²) in [4.78, 5) is 5.09. The molecule has 0 spiro atoms. The fraction of sp³-hybridized carbons (Fsp3) is 0.621. The minimum atomic E-state index is -0.152. The van der Waals surface area contributed by atoms with Gasteiger partial charge < -0.3 is 20.4 Å². The molecule has 3 aliphatic carbocycles. The van der Waals surface area contributed by atoms with Gasteiger partial charge in [-0.2, -0.15) is 4.37 Å². The van der Waals surface area contributed by atoms with Crippen LogP contribution in [0.4, 0.5) is 5.82 Å². The lowest BCUT2D eigenvalue weighted by Gasteiger charge is -2.40. The van der Waals surface area contributed by atoms with Gasteiger partial charge >= 0.3 is 0 Å². The number of hydrogen-bond donors (Lipinski definition) is 3. The molecule has 2 saturated carbocycles. The van der Waals surface area contributed by atoms with E-state index in [0.29, 0.717) is 29.5 Å². The molecule has 1 aromatic carbocycles. The van der Waals surface area contributed by atoms with E-state index in [1.54, 1.807) is 11.5 Å². The number of nitrogens with one attached hydrogen (secondary N) is 1. The van der Waals surface area contributed by atoms with Crippen molar-refractivity contribution < 1.29 is 10.2 Å². The first kappa shape index (κ1) is 23.8. The zero-order valence-corrected chi connectivity index (χ0v) is 22.6. The summed E-state index contributed by atoms with van der Waals surface area (Å²) >= 11 is 1.60. The minimum absolute atomic E-state index is 0.152. The highest BCUT2D eigenvalue weighted by Crippen LogP contribution is 2.62. The van der Waals surface area contributed by atoms with Crippen molar-refractivity contribution in [1.82, 2.24) is 19.2 Å². The molecule has 1 aliphatic heterocycles. The Balaban J connectivity index is 1.04. The monoisotopic (exact) mass is 521 g/mol. The van der Waals surface area contributed by atoms with Crippen molar-refractivity contribution in [2.45, 2.75) is 62.9 Å². The van der Waals surface area contributed by atoms with E-state index in [9.17, 15) is 10.2 Å². The lowest BCUT2D eigenvalue weighted by Crippen LogP contribution is -2.49. The SMILES string of the molecule is CNC12CCC(C1)c1c2c(O)n(CC2CCCCC2CN2CCN(c3nsc4ccccc34)CC2)c1O. The molecular weight excluding hydrogens is 482 g/mol. The first-order valence-electron chi connectivity index (χ1n) is 14.2. The van der Waals surface area contributed by atoms with E-state index in [1.807, 2.05) is 11.6 Å². The highest BCUT2D eigenvalue weighted by Gasteiger charge is 2.53. The Kier molecular flexibility index (Phi) is 5.90. The maximum atomic E-state index is 11.3. The zero-order chi connectivity index (χ0) is 25.1. The molecule has 7 nitrogen and oxygen atoms in total. The predicted octanol–water partition coefficient (Wildman–Crippen LogP) is 4.83. The molecule has 3 aromatic rings. The van der Waals surface area contributed by atoms with E-state index in [1.165, 1.54) is 35.8 Å². The summed E-state index contributed by atoms with van der Waals surface area (Å²) in [6.07, 6.45) is 8.11. The van der Waals surface area contributed by atoms with Gasteiger partial charge in [0.15, 0.2) is 11.8 Å². The molecule has 1 saturated heterocycles. The summed E-state index contributed by atoms with van der Waals surface area (Å²) in [6.45, 7) is 6.01. The third kappa shape index (κ3) is 3.78. The Hall–Kier alpha value is -2.29. The van der Waals surface area contributed by atoms with Gasteiger partial charge in [0.1, 0.15) is 5.82 Å². The number of fused-ring (bicyclic) bond motifs is 6. The van der Waals surface area contributed by atoms with E-state index >= 15 is 0 Å². The number of piperazine rings is 1. The molecule has 7 rings (SSSR count). The van der Waals surface area contributed by atoms with Crippen LogP contribution in [0.1, 0.15) is 62.0 Å². The average molecular weight is 522 g/mol. The van der Waals surface area contributed by atoms with Gasteiger partial charge in [-0.25, -0.2) is 0 Å². The summed E-state index contributed by atoms with van der Waals surface area (Å²) < 4.78 is 7.90. The number of hydrogen-bond acceptors (Lipinski definition) is 7. The van der Waals surface area contributed by atoms with E-state index in [4.69, 9.17) is 4.37 Å². The molecule has 0 radical (unpaired) electrons. The van der Waals surface area contributed by atoms with Crippen LogP contribution in [0, 0.1) is 11.8 Å². The quantitative estimate of drug-likeness (QED) is 0.431. The molecule has 3 heterocycles. The molecule has 4 atom stereocenters. The third-order valence-electron chi connectivity index (χ3n) is 10.1. The van der Waals surface area contributed by atoms with Gasteiger partial charge in [0.25, 0.3) is 0 Å². The first-order chi connectivity index (χ1) is 18.1. The number of nitrogens with zero attached hydrogens (tertiary/aromatic N) is 4. The smallest absolute Gasteiger partial charge is 0.199 e. The van der Waals surface area contributed by atoms with Crippen LogP contribution in [0.15, 0.2) is 24.3 Å². The van der Waals surface area contributed by atoms with Gasteiger partial charge in [-0.3, -0.25) is 9.47 Å². The van der Waals surface area contributed by atoms with Gasteiger partial charge in [0, 0.05) is 61.3 Å². The summed E-state index contributed by atoms with van der Waals surface area (Å²) in [5.41, 5.74) is 1.86. The highest BCUT2D eigenvalue weighted by atomic mass is 32.1. The van der Waals surface area contributed by atoms with Crippen LogP contribution < -0.4 is 10.2 Å². The molecule has 198 valence electrons. The average Bonchev–Trinajstić information content (AvgIpc) is 3.69. The van der Waals surface area contributed by atoms with Gasteiger partial charge in [0.05, 0.1) is 4.70 Å². The highest BCUT2D eigenvalue weighted by molar-refractivity contribution is 7.13. The third-order valence-corrected chi connectivity index (χ3v) is 10.9. The van der Waals surface area contributed by atoms with E-state index in [-0.39, 0.29) is 5.54 Å². The van der Waals surface area contributed by atoms with E-state index in [0.717, 1.165) is 75.5 Å². The predicted molar refractivity (Wildman–Crippen MR) is 149 cm³/mol. The first-order valence-corrected chi connectivity index (χ1v) is 15.0. The largest absolute Gasteiger partial charge is 0.494 e. The number of anilines is 1. The lowest BCUT2D eigenvalue weighted by atomic mass is 9.78. The molecule has 2 aromatic heterocycles. The van der Waals surface area contributed by atoms with Crippen LogP contribution in [-0.2, 0) is 12.1 Å². The standard InChI is InChI=1S/C29H39N5O2S/c1-30-29-11-10-19(16-29)24-25(29)28(36)34(27(24)35)18-21-7-3-2-6-20(21)17-32-12-14-33(15-13-32)26-22-8-4-5-9-23(22)37-31-26/h4-5,8-9,19-21,30,35-36H,2-3,6-7,10-18H2,1H3. The summed E-state index contributed by atoms with van der Waals surface area (Å²) in [7, 11) is 2.00. The van der Waals surface area contributed by atoms with E-state index < -0.39 is 0 Å². The summed E-state index contributed by atoms with van der Waals surface area (Å²) in [5.74, 6) is 3.27. The zero-order valence-electron chi connectivity index (χ0n) is 21.8. The Morgan fingerprint density at radius 2 is 1.76 bits per heavy atom. The Morgan fingerprint density at radius 1 is 1.00 bits per heavy atom. The fourth-order valence-corrected chi connectivity index (χ4v) is 8.89. The molecule has 8 heteroatoms. The van der Waals surface area contributed by atoms with Crippen molar-refractivity contribution in [2.24, 2.45) is 11.8 Å². The minimum Gasteiger partial charge on any atom is -0.494 e. The summed E-state index contributed by atoms with van der Waals surface area (Å²) in [6, 6.07) is 8.55. The fourth-order valence-electron chi connectivity index (χ4n) is 8.09. The molecule has 4 unspecified atom stereocenters. The maximum Gasteiger partial charge on any atom is 0.199 e. The molecule has 37 heavy (non-hydrogen) atoms. The van der Waals surface area contributed by atoms with Crippen LogP contribution in [0.3, 0.4) is 0 Å². The number of benzene rings is 1. The molecule has 2 bridgehead atoms. The number of aromatic nitrogens is 2. The van der Waals surface area contributed by atoms with Gasteiger partial charge in [-0.1, -0.05) is 25.0 Å². The molecule has 4 aliphatic rings. The van der Waals surface area contributed by atoms with Crippen LogP contribution in [-0.4, -0.2) is 63.8 Å². The maximum absolute atomic E-state index is 11.3. The molecule has 3 fully saturated rings. The second-order valence-corrected chi connectivity index (χ2v) is 12.7. The van der Waals surface area contributed by atoms with Crippen molar-refractivity contribution in [2.75, 3.05) is 44.7 Å². The Labute approximate surface area is 223 Å². The van der Waals surface area contributed by atoms with Crippen LogP contribution in [0.5, 0.6) is 11.8 Å². The van der Waals surface area contributed by atoms with Gasteiger partial charge in [0.2, 0.25) is 0 Å². The van der Waals surface area contributed by atoms with Crippen molar-refractivity contribution >= 4 is 27.4 Å². The van der Waals surface area contributed by atoms with Crippen LogP contribution in [0.25, 0.3) is 10.1 Å². The van der Waals surface area contributed by atoms with Crippen molar-refractivity contribution in [3.8, 4) is 11.8 Å². The number of rotatable bonds is 6. The molecular formula is C29H39N5O2S. The second kappa shape index (κ2) is 9.17. The number of aromatic hydroxyl groups is 2. The van der Waals surface area contributed by atoms with Gasteiger partial charge in [-0.05, 0) is 80.6 Å².